The molecule has 1 N–H and O–H groups in total. The van der Waals surface area contributed by atoms with Gasteiger partial charge in [0.1, 0.15) is 5.82 Å². The molecule has 3 nitrogen and oxygen atoms in total. The first-order valence-corrected chi connectivity index (χ1v) is 8.63. The van der Waals surface area contributed by atoms with Crippen LogP contribution < -0.4 is 5.32 Å². The molecule has 0 atom stereocenters. The highest BCUT2D eigenvalue weighted by atomic mass is 15.2. The molecule has 0 amide bonds. The summed E-state index contributed by atoms with van der Waals surface area (Å²) in [6, 6.07) is 7.13. The van der Waals surface area contributed by atoms with Crippen LogP contribution in [0.15, 0.2) is 18.2 Å². The zero-order valence-corrected chi connectivity index (χ0v) is 13.9. The first-order chi connectivity index (χ1) is 10.2. The fourth-order valence-corrected chi connectivity index (χ4v) is 3.21. The molecule has 1 aromatic rings. The number of nitrogens with zero attached hydrogens (tertiary/aromatic N) is 2. The average Bonchev–Trinajstić information content (AvgIpc) is 2.98. The first kappa shape index (κ1) is 16.3. The van der Waals surface area contributed by atoms with E-state index in [1.807, 2.05) is 0 Å². The smallest absolute Gasteiger partial charge is 0.126 e. The molecule has 1 fully saturated rings. The van der Waals surface area contributed by atoms with E-state index in [0.717, 1.165) is 31.4 Å². The molecule has 1 aliphatic rings. The van der Waals surface area contributed by atoms with Gasteiger partial charge in [0.15, 0.2) is 0 Å². The summed E-state index contributed by atoms with van der Waals surface area (Å²) in [5, 5.41) is 3.39. The highest BCUT2D eigenvalue weighted by molar-refractivity contribution is 5.35. The molecule has 1 aliphatic carbocycles. The van der Waals surface area contributed by atoms with Crippen molar-refractivity contribution < 1.29 is 0 Å². The van der Waals surface area contributed by atoms with Gasteiger partial charge < -0.3 is 5.32 Å². The van der Waals surface area contributed by atoms with E-state index in [-0.39, 0.29) is 0 Å². The van der Waals surface area contributed by atoms with E-state index in [1.54, 1.807) is 0 Å². The van der Waals surface area contributed by atoms with Crippen LogP contribution in [-0.4, -0.2) is 29.0 Å². The Morgan fingerprint density at radius 2 is 2.05 bits per heavy atom. The third kappa shape index (κ3) is 5.31. The molecule has 1 heterocycles. The lowest BCUT2D eigenvalue weighted by Crippen LogP contribution is -2.36. The van der Waals surface area contributed by atoms with E-state index in [4.69, 9.17) is 4.98 Å². The second-order valence-electron chi connectivity index (χ2n) is 6.70. The van der Waals surface area contributed by atoms with Gasteiger partial charge in [0.2, 0.25) is 0 Å². The standard InChI is InChI=1S/C18H31N3/c1-4-12-19-18-11-7-8-16(20-18)14-21(13-15(2)3)17-9-5-6-10-17/h7-8,11,15,17H,4-6,9-10,12-14H2,1-3H3,(H,19,20). The van der Waals surface area contributed by atoms with Crippen molar-refractivity contribution in [2.75, 3.05) is 18.4 Å². The van der Waals surface area contributed by atoms with Gasteiger partial charge in [-0.3, -0.25) is 4.90 Å². The largest absolute Gasteiger partial charge is 0.370 e. The Bertz CT molecular complexity index is 411. The van der Waals surface area contributed by atoms with Crippen molar-refractivity contribution in [1.82, 2.24) is 9.88 Å². The Kier molecular flexibility index (Phi) is 6.50. The molecule has 0 aromatic carbocycles. The summed E-state index contributed by atoms with van der Waals surface area (Å²) in [4.78, 5) is 7.43. The van der Waals surface area contributed by atoms with Gasteiger partial charge in [-0.1, -0.05) is 39.7 Å². The maximum absolute atomic E-state index is 4.78. The summed E-state index contributed by atoms with van der Waals surface area (Å²) in [6.07, 6.45) is 6.64. The second-order valence-corrected chi connectivity index (χ2v) is 6.70. The molecule has 3 heteroatoms. The number of hydrogen-bond donors (Lipinski definition) is 1. The second kappa shape index (κ2) is 8.38. The Labute approximate surface area is 130 Å². The number of hydrogen-bond acceptors (Lipinski definition) is 3. The van der Waals surface area contributed by atoms with Crippen LogP contribution in [-0.2, 0) is 6.54 Å². The molecule has 0 radical (unpaired) electrons. The van der Waals surface area contributed by atoms with Gasteiger partial charge in [-0.15, -0.1) is 0 Å². The van der Waals surface area contributed by atoms with Gasteiger partial charge in [-0.2, -0.15) is 0 Å². The third-order valence-electron chi connectivity index (χ3n) is 4.17. The SMILES string of the molecule is CCCNc1cccc(CN(CC(C)C)C2CCCC2)n1. The normalized spacial score (nSPS) is 16.0. The quantitative estimate of drug-likeness (QED) is 0.773. The van der Waals surface area contributed by atoms with Crippen LogP contribution in [0.2, 0.25) is 0 Å². The summed E-state index contributed by atoms with van der Waals surface area (Å²) in [6.45, 7) is 9.97. The van der Waals surface area contributed by atoms with Crippen molar-refractivity contribution in [3.8, 4) is 0 Å². The highest BCUT2D eigenvalue weighted by Gasteiger charge is 2.23. The fraction of sp³-hybridized carbons (Fsp3) is 0.722. The molecule has 1 saturated carbocycles. The number of nitrogens with one attached hydrogen (secondary N) is 1. The maximum atomic E-state index is 4.78. The summed E-state index contributed by atoms with van der Waals surface area (Å²) in [5.74, 6) is 1.73. The number of aromatic nitrogens is 1. The van der Waals surface area contributed by atoms with Gasteiger partial charge in [0, 0.05) is 25.7 Å². The molecule has 21 heavy (non-hydrogen) atoms. The van der Waals surface area contributed by atoms with Crippen LogP contribution in [0, 0.1) is 5.92 Å². The van der Waals surface area contributed by atoms with Crippen LogP contribution >= 0.6 is 0 Å². The van der Waals surface area contributed by atoms with Crippen molar-refractivity contribution in [2.24, 2.45) is 5.92 Å². The summed E-state index contributed by atoms with van der Waals surface area (Å²) < 4.78 is 0. The molecule has 0 spiro atoms. The van der Waals surface area contributed by atoms with Crippen LogP contribution in [0.1, 0.15) is 58.6 Å². The first-order valence-electron chi connectivity index (χ1n) is 8.63. The minimum atomic E-state index is 0.715. The topological polar surface area (TPSA) is 28.2 Å². The molecule has 0 bridgehead atoms. The average molecular weight is 289 g/mol. The van der Waals surface area contributed by atoms with Gasteiger partial charge in [0.25, 0.3) is 0 Å². The molecular weight excluding hydrogens is 258 g/mol. The van der Waals surface area contributed by atoms with E-state index >= 15 is 0 Å². The van der Waals surface area contributed by atoms with E-state index in [9.17, 15) is 0 Å². The van der Waals surface area contributed by atoms with E-state index in [2.05, 4.69) is 49.2 Å². The van der Waals surface area contributed by atoms with Crippen LogP contribution in [0.25, 0.3) is 0 Å². The summed E-state index contributed by atoms with van der Waals surface area (Å²) in [5.41, 5.74) is 1.20. The minimum Gasteiger partial charge on any atom is -0.370 e. The van der Waals surface area contributed by atoms with E-state index in [1.165, 1.54) is 37.9 Å². The molecule has 2 rings (SSSR count). The maximum Gasteiger partial charge on any atom is 0.126 e. The zero-order chi connectivity index (χ0) is 15.1. The summed E-state index contributed by atoms with van der Waals surface area (Å²) in [7, 11) is 0. The third-order valence-corrected chi connectivity index (χ3v) is 4.17. The van der Waals surface area contributed by atoms with Gasteiger partial charge >= 0.3 is 0 Å². The lowest BCUT2D eigenvalue weighted by atomic mass is 10.1. The Hall–Kier alpha value is -1.09. The highest BCUT2D eigenvalue weighted by Crippen LogP contribution is 2.25. The molecule has 0 aliphatic heterocycles. The predicted octanol–water partition coefficient (Wildman–Crippen LogP) is 4.30. The lowest BCUT2D eigenvalue weighted by molar-refractivity contribution is 0.166. The molecule has 118 valence electrons. The van der Waals surface area contributed by atoms with Crippen molar-refractivity contribution >= 4 is 5.82 Å². The van der Waals surface area contributed by atoms with Crippen molar-refractivity contribution in [2.45, 2.75) is 65.5 Å². The Balaban J connectivity index is 2.01. The number of anilines is 1. The fourth-order valence-electron chi connectivity index (χ4n) is 3.21. The van der Waals surface area contributed by atoms with Crippen LogP contribution in [0.3, 0.4) is 0 Å². The summed E-state index contributed by atoms with van der Waals surface area (Å²) >= 11 is 0. The van der Waals surface area contributed by atoms with E-state index in [0.29, 0.717) is 5.92 Å². The van der Waals surface area contributed by atoms with Crippen molar-refractivity contribution in [3.05, 3.63) is 23.9 Å². The molecule has 0 saturated heterocycles. The molecule has 1 aromatic heterocycles. The number of pyridine rings is 1. The monoisotopic (exact) mass is 289 g/mol. The van der Waals surface area contributed by atoms with Crippen LogP contribution in [0.4, 0.5) is 5.82 Å². The Morgan fingerprint density at radius 1 is 1.29 bits per heavy atom. The predicted molar refractivity (Wildman–Crippen MR) is 90.5 cm³/mol. The van der Waals surface area contributed by atoms with Gasteiger partial charge in [0.05, 0.1) is 5.69 Å². The van der Waals surface area contributed by atoms with E-state index < -0.39 is 0 Å². The van der Waals surface area contributed by atoms with Gasteiger partial charge in [-0.05, 0) is 37.3 Å². The Morgan fingerprint density at radius 3 is 2.71 bits per heavy atom. The lowest BCUT2D eigenvalue weighted by Gasteiger charge is -2.30. The zero-order valence-electron chi connectivity index (χ0n) is 13.9. The van der Waals surface area contributed by atoms with Gasteiger partial charge in [-0.25, -0.2) is 4.98 Å². The number of rotatable bonds is 8. The molecular formula is C18H31N3. The minimum absolute atomic E-state index is 0.715. The van der Waals surface area contributed by atoms with Crippen LogP contribution in [0.5, 0.6) is 0 Å². The van der Waals surface area contributed by atoms with Crippen molar-refractivity contribution in [1.29, 1.82) is 0 Å². The molecule has 0 unspecified atom stereocenters. The van der Waals surface area contributed by atoms with Crippen molar-refractivity contribution in [3.63, 3.8) is 0 Å².